The molecule has 0 aliphatic heterocycles. The summed E-state index contributed by atoms with van der Waals surface area (Å²) >= 11 is 0. The van der Waals surface area contributed by atoms with E-state index in [4.69, 9.17) is 0 Å². The zero-order valence-electron chi connectivity index (χ0n) is 12.2. The van der Waals surface area contributed by atoms with E-state index in [2.05, 4.69) is 16.5 Å². The number of ketones is 1. The summed E-state index contributed by atoms with van der Waals surface area (Å²) in [6, 6.07) is 0.746. The average molecular weight is 347 g/mol. The molecular formula is C13H12F3N3O3S. The molecule has 2 aromatic rings. The minimum atomic E-state index is -4.60. The first-order valence-electron chi connectivity index (χ1n) is 6.35. The van der Waals surface area contributed by atoms with Crippen LogP contribution in [0.2, 0.25) is 0 Å². The number of hydrogen-bond acceptors (Lipinski definition) is 5. The molecule has 0 aliphatic carbocycles. The van der Waals surface area contributed by atoms with Crippen LogP contribution < -0.4 is 0 Å². The van der Waals surface area contributed by atoms with Gasteiger partial charge in [-0.15, -0.1) is 0 Å². The van der Waals surface area contributed by atoms with Crippen molar-refractivity contribution in [2.45, 2.75) is 13.1 Å². The molecule has 23 heavy (non-hydrogen) atoms. The van der Waals surface area contributed by atoms with Gasteiger partial charge < -0.3 is 4.57 Å². The Bertz CT molecular complexity index is 914. The lowest BCUT2D eigenvalue weighted by molar-refractivity contribution is -0.137. The van der Waals surface area contributed by atoms with E-state index >= 15 is 0 Å². The highest BCUT2D eigenvalue weighted by molar-refractivity contribution is 7.96. The van der Waals surface area contributed by atoms with Crippen molar-refractivity contribution >= 4 is 26.8 Å². The molecule has 0 N–H and O–H groups in total. The number of pyridine rings is 1. The molecule has 2 aromatic heterocycles. The molecule has 124 valence electrons. The number of aryl methyl sites for hydroxylation is 1. The fourth-order valence-electron chi connectivity index (χ4n) is 1.87. The predicted molar refractivity (Wildman–Crippen MR) is 76.4 cm³/mol. The molecule has 2 heterocycles. The van der Waals surface area contributed by atoms with Gasteiger partial charge in [-0.25, -0.2) is 18.4 Å². The first-order valence-corrected chi connectivity index (χ1v) is 8.00. The maximum atomic E-state index is 12.7. The molecule has 6 nitrogen and oxygen atoms in total. The van der Waals surface area contributed by atoms with Gasteiger partial charge in [-0.3, -0.25) is 4.79 Å². The molecule has 0 atom stereocenters. The van der Waals surface area contributed by atoms with Gasteiger partial charge in [-0.1, -0.05) is 13.5 Å². The Morgan fingerprint density at radius 3 is 2.52 bits per heavy atom. The van der Waals surface area contributed by atoms with E-state index < -0.39 is 32.3 Å². The van der Waals surface area contributed by atoms with Gasteiger partial charge in [0.25, 0.3) is 0 Å². The van der Waals surface area contributed by atoms with Crippen molar-refractivity contribution in [3.63, 3.8) is 0 Å². The van der Waals surface area contributed by atoms with Crippen LogP contribution in [0, 0.1) is 0 Å². The topological polar surface area (TPSA) is 81.9 Å². The Labute approximate surface area is 129 Å². The monoisotopic (exact) mass is 347 g/mol. The molecule has 0 aliphatic rings. The lowest BCUT2D eigenvalue weighted by Crippen LogP contribution is -2.17. The first-order chi connectivity index (χ1) is 10.5. The van der Waals surface area contributed by atoms with Crippen LogP contribution in [0.25, 0.3) is 11.2 Å². The van der Waals surface area contributed by atoms with Crippen molar-refractivity contribution < 1.29 is 26.4 Å². The fourth-order valence-corrected chi connectivity index (χ4v) is 2.60. The normalized spacial score (nSPS) is 12.6. The fraction of sp³-hybridized carbons (Fsp3) is 0.308. The van der Waals surface area contributed by atoms with Crippen LogP contribution in [0.4, 0.5) is 13.2 Å². The number of nitrogens with zero attached hydrogens (tertiary/aromatic N) is 3. The van der Waals surface area contributed by atoms with Gasteiger partial charge in [-0.05, 0) is 6.07 Å². The van der Waals surface area contributed by atoms with Gasteiger partial charge in [0.15, 0.2) is 21.3 Å². The third-order valence-electron chi connectivity index (χ3n) is 3.25. The minimum Gasteiger partial charge on any atom is -0.309 e. The van der Waals surface area contributed by atoms with E-state index in [9.17, 15) is 26.4 Å². The number of aromatic nitrogens is 3. The first kappa shape index (κ1) is 17.1. The smallest absolute Gasteiger partial charge is 0.309 e. The van der Waals surface area contributed by atoms with Crippen LogP contribution in [-0.2, 0) is 23.1 Å². The lowest BCUT2D eigenvalue weighted by atomic mass is 10.2. The SMILES string of the molecule is C=C(C(=O)c1nc2cc(C(F)(F)F)cnc2n1C)S(=O)(=O)CC. The Kier molecular flexibility index (Phi) is 4.05. The zero-order chi connectivity index (χ0) is 17.6. The second kappa shape index (κ2) is 5.44. The van der Waals surface area contributed by atoms with Gasteiger partial charge in [0.1, 0.15) is 10.4 Å². The van der Waals surface area contributed by atoms with E-state index in [-0.39, 0.29) is 22.7 Å². The molecule has 10 heteroatoms. The van der Waals surface area contributed by atoms with Crippen molar-refractivity contribution in [2.24, 2.45) is 7.05 Å². The Morgan fingerprint density at radius 1 is 1.39 bits per heavy atom. The highest BCUT2D eigenvalue weighted by atomic mass is 32.2. The molecule has 0 bridgehead atoms. The molecule has 0 saturated carbocycles. The number of alkyl halides is 3. The van der Waals surface area contributed by atoms with E-state index in [1.54, 1.807) is 0 Å². The maximum absolute atomic E-state index is 12.7. The highest BCUT2D eigenvalue weighted by Crippen LogP contribution is 2.30. The second-order valence-electron chi connectivity index (χ2n) is 4.71. The largest absolute Gasteiger partial charge is 0.417 e. The molecule has 0 unspecified atom stereocenters. The highest BCUT2D eigenvalue weighted by Gasteiger charge is 2.32. The van der Waals surface area contributed by atoms with E-state index in [1.165, 1.54) is 14.0 Å². The molecule has 0 spiro atoms. The van der Waals surface area contributed by atoms with Crippen LogP contribution in [0.3, 0.4) is 0 Å². The summed E-state index contributed by atoms with van der Waals surface area (Å²) in [4.78, 5) is 19.0. The van der Waals surface area contributed by atoms with Crippen molar-refractivity contribution in [1.29, 1.82) is 0 Å². The average Bonchev–Trinajstić information content (AvgIpc) is 2.81. The number of fused-ring (bicyclic) bond motifs is 1. The third kappa shape index (κ3) is 2.98. The van der Waals surface area contributed by atoms with Gasteiger partial charge in [0.05, 0.1) is 11.3 Å². The Morgan fingerprint density at radius 2 is 2.00 bits per heavy atom. The molecule has 0 amide bonds. The Balaban J connectivity index is 2.57. The summed E-state index contributed by atoms with van der Waals surface area (Å²) in [6.45, 7) is 4.60. The van der Waals surface area contributed by atoms with Crippen molar-refractivity contribution in [2.75, 3.05) is 5.75 Å². The zero-order valence-corrected chi connectivity index (χ0v) is 13.0. The summed E-state index contributed by atoms with van der Waals surface area (Å²) < 4.78 is 62.6. The molecular weight excluding hydrogens is 335 g/mol. The summed E-state index contributed by atoms with van der Waals surface area (Å²) in [7, 11) is -2.47. The number of carbonyl (C=O) groups is 1. The lowest BCUT2D eigenvalue weighted by Gasteiger charge is -2.05. The number of carbonyl (C=O) groups excluding carboxylic acids is 1. The van der Waals surface area contributed by atoms with E-state index in [0.29, 0.717) is 6.20 Å². The number of imidazole rings is 1. The number of Topliss-reactive ketones (excluding diaryl/α,β-unsaturated/α-hetero) is 1. The number of allylic oxidation sites excluding steroid dienone is 1. The van der Waals surface area contributed by atoms with Crippen LogP contribution in [0.5, 0.6) is 0 Å². The quantitative estimate of drug-likeness (QED) is 0.625. The molecule has 0 fully saturated rings. The van der Waals surface area contributed by atoms with Gasteiger partial charge >= 0.3 is 6.18 Å². The standard InChI is InChI=1S/C13H12F3N3O3S/c1-4-23(21,22)7(2)10(20)12-18-9-5-8(13(14,15)16)6-17-11(9)19(12)3/h5-6H,2,4H2,1,3H3. The summed E-state index contributed by atoms with van der Waals surface area (Å²) in [5.41, 5.74) is -1.14. The van der Waals surface area contributed by atoms with Crippen LogP contribution >= 0.6 is 0 Å². The molecule has 0 saturated heterocycles. The van der Waals surface area contributed by atoms with Crippen molar-refractivity contribution in [1.82, 2.24) is 14.5 Å². The van der Waals surface area contributed by atoms with Crippen molar-refractivity contribution in [3.05, 3.63) is 35.1 Å². The molecule has 0 radical (unpaired) electrons. The van der Waals surface area contributed by atoms with Crippen molar-refractivity contribution in [3.8, 4) is 0 Å². The minimum absolute atomic E-state index is 0.0306. The molecule has 2 rings (SSSR count). The van der Waals surface area contributed by atoms with Gasteiger partial charge in [-0.2, -0.15) is 13.2 Å². The summed E-state index contributed by atoms with van der Waals surface area (Å²) in [5.74, 6) is -1.63. The van der Waals surface area contributed by atoms with Gasteiger partial charge in [0, 0.05) is 13.2 Å². The predicted octanol–water partition coefficient (Wildman–Crippen LogP) is 2.12. The Hall–Kier alpha value is -2.23. The maximum Gasteiger partial charge on any atom is 0.417 e. The number of hydrogen-bond donors (Lipinski definition) is 0. The van der Waals surface area contributed by atoms with Crippen LogP contribution in [0.1, 0.15) is 23.1 Å². The summed E-state index contributed by atoms with van der Waals surface area (Å²) in [5, 5.41) is 0. The van der Waals surface area contributed by atoms with Crippen LogP contribution in [-0.4, -0.2) is 34.5 Å². The second-order valence-corrected chi connectivity index (χ2v) is 7.01. The number of rotatable bonds is 4. The molecule has 0 aromatic carbocycles. The van der Waals surface area contributed by atoms with Gasteiger partial charge in [0.2, 0.25) is 5.78 Å². The number of halogens is 3. The third-order valence-corrected chi connectivity index (χ3v) is 4.94. The van der Waals surface area contributed by atoms with Crippen LogP contribution in [0.15, 0.2) is 23.7 Å². The summed E-state index contributed by atoms with van der Waals surface area (Å²) in [6.07, 6.45) is -3.98. The van der Waals surface area contributed by atoms with E-state index in [0.717, 1.165) is 10.6 Å². The number of sulfone groups is 1. The van der Waals surface area contributed by atoms with E-state index in [1.807, 2.05) is 0 Å².